The van der Waals surface area contributed by atoms with Gasteiger partial charge in [0.1, 0.15) is 11.6 Å². The fourth-order valence-corrected chi connectivity index (χ4v) is 13.2. The first-order chi connectivity index (χ1) is 22.6. The van der Waals surface area contributed by atoms with Crippen molar-refractivity contribution >= 4 is 17.4 Å². The molecular formula is C40H59N5O3. The van der Waals surface area contributed by atoms with Crippen LogP contribution in [0.5, 0.6) is 0 Å². The first-order valence-electron chi connectivity index (χ1n) is 18.9. The topological polar surface area (TPSA) is 120 Å². The smallest absolute Gasteiger partial charge is 0.310 e. The third-order valence-corrected chi connectivity index (χ3v) is 16.0. The van der Waals surface area contributed by atoms with Crippen LogP contribution in [0.1, 0.15) is 122 Å². The number of aliphatic carboxylic acids is 1. The summed E-state index contributed by atoms with van der Waals surface area (Å²) in [5.74, 6) is 2.05. The highest BCUT2D eigenvalue weighted by molar-refractivity contribution is 5.80. The highest BCUT2D eigenvalue weighted by Gasteiger charge is 2.70. The Morgan fingerprint density at radius 1 is 1.04 bits per heavy atom. The predicted molar refractivity (Wildman–Crippen MR) is 189 cm³/mol. The molecule has 6 aliphatic rings. The molecule has 0 spiro atoms. The van der Waals surface area contributed by atoms with E-state index in [4.69, 9.17) is 10.2 Å². The lowest BCUT2D eigenvalue weighted by Gasteiger charge is -2.71. The number of aromatic amines is 1. The lowest BCUT2D eigenvalue weighted by molar-refractivity contribution is -0.175. The Morgan fingerprint density at radius 2 is 1.77 bits per heavy atom. The molecule has 2 aromatic rings. The monoisotopic (exact) mass is 657 g/mol. The number of nitrogens with one attached hydrogen (secondary N) is 2. The molecule has 3 heterocycles. The number of carboxylic acid groups (broad SMARTS) is 1. The van der Waals surface area contributed by atoms with Crippen LogP contribution >= 0.6 is 0 Å². The zero-order chi connectivity index (χ0) is 34.1. The molecule has 0 radical (unpaired) electrons. The first kappa shape index (κ1) is 32.6. The Bertz CT molecular complexity index is 1660. The van der Waals surface area contributed by atoms with E-state index in [1.807, 2.05) is 6.26 Å². The van der Waals surface area contributed by atoms with Gasteiger partial charge in [0.25, 0.3) is 0 Å². The van der Waals surface area contributed by atoms with Crippen molar-refractivity contribution in [1.82, 2.24) is 20.4 Å². The summed E-state index contributed by atoms with van der Waals surface area (Å²) < 4.78 is 6.42. The molecule has 0 bridgehead atoms. The number of nitrogen functional groups attached to an aromatic ring is 1. The van der Waals surface area contributed by atoms with Gasteiger partial charge in [0.05, 0.1) is 18.2 Å². The number of carboxylic acids is 1. The fourth-order valence-electron chi connectivity index (χ4n) is 13.2. The van der Waals surface area contributed by atoms with E-state index in [-0.39, 0.29) is 33.0 Å². The molecule has 0 amide bonds. The van der Waals surface area contributed by atoms with Gasteiger partial charge >= 0.3 is 5.97 Å². The fraction of sp³-hybridized carbons (Fsp3) is 0.750. The van der Waals surface area contributed by atoms with E-state index < -0.39 is 11.4 Å². The van der Waals surface area contributed by atoms with Crippen LogP contribution in [0.3, 0.4) is 0 Å². The number of fused-ring (bicyclic) bond motifs is 8. The van der Waals surface area contributed by atoms with Gasteiger partial charge in [-0.05, 0) is 109 Å². The van der Waals surface area contributed by atoms with Crippen molar-refractivity contribution in [2.45, 2.75) is 118 Å². The Morgan fingerprint density at radius 3 is 2.50 bits per heavy atom. The van der Waals surface area contributed by atoms with Gasteiger partial charge in [-0.1, -0.05) is 54.0 Å². The van der Waals surface area contributed by atoms with E-state index in [9.17, 15) is 9.90 Å². The summed E-state index contributed by atoms with van der Waals surface area (Å²) in [5, 5.41) is 22.6. The number of rotatable bonds is 4. The lowest BCUT2D eigenvalue weighted by Crippen LogP contribution is -2.65. The van der Waals surface area contributed by atoms with Crippen LogP contribution in [0.4, 0.5) is 5.82 Å². The summed E-state index contributed by atoms with van der Waals surface area (Å²) in [7, 11) is 0. The summed E-state index contributed by atoms with van der Waals surface area (Å²) in [4.78, 5) is 16.1. The van der Waals surface area contributed by atoms with Gasteiger partial charge in [0.15, 0.2) is 0 Å². The number of H-pyrrole nitrogens is 1. The predicted octanol–water partition coefficient (Wildman–Crippen LogP) is 7.42. The van der Waals surface area contributed by atoms with Crippen molar-refractivity contribution in [2.24, 2.45) is 44.8 Å². The number of aromatic nitrogens is 2. The van der Waals surface area contributed by atoms with Crippen molar-refractivity contribution in [3.05, 3.63) is 40.5 Å². The van der Waals surface area contributed by atoms with Crippen molar-refractivity contribution in [2.75, 3.05) is 31.9 Å². The minimum Gasteiger partial charge on any atom is -0.481 e. The second-order valence-electron chi connectivity index (χ2n) is 19.0. The number of allylic oxidation sites excluding steroid dienone is 2. The highest BCUT2D eigenvalue weighted by Crippen LogP contribution is 2.77. The molecule has 0 aromatic carbocycles. The SMILES string of the molecule is CC1(C)CCC2(C(=O)O)CCC3(C)C(=C(c4ccoc4CN4CCNCC4)CC4C5(C)Cc6c(N)n[nH]c6C(C)(C)C5CCC43C)C2C1. The molecule has 48 heavy (non-hydrogen) atoms. The standard InChI is InChI=1S/C40H59N5O3/c1-35(2)11-13-40(34(46)47)14-12-39(7)31(27(40)22-35)25(24-9-19-48-28(24)23-45-17-15-42-16-18-45)20-30-37(5)21-26-32(43-44-33(26)41)36(3,4)29(37)8-10-38(30,39)6/h9,19,27,29-30,42H,8,10-18,20-23H2,1-7H3,(H,46,47)(H3,41,43,44). The maximum Gasteiger partial charge on any atom is 0.310 e. The molecule has 8 heteroatoms. The molecule has 8 rings (SSSR count). The largest absolute Gasteiger partial charge is 0.481 e. The normalized spacial score (nSPS) is 40.3. The zero-order valence-corrected chi connectivity index (χ0v) is 30.5. The maximum absolute atomic E-state index is 13.5. The van der Waals surface area contributed by atoms with Crippen LogP contribution in [-0.2, 0) is 23.2 Å². The third-order valence-electron chi connectivity index (χ3n) is 16.0. The Kier molecular flexibility index (Phi) is 7.12. The third kappa shape index (κ3) is 4.26. The lowest BCUT2D eigenvalue weighted by atomic mass is 9.33. The summed E-state index contributed by atoms with van der Waals surface area (Å²) in [6.45, 7) is 22.1. The average molecular weight is 658 g/mol. The van der Waals surface area contributed by atoms with Crippen molar-refractivity contribution in [3.8, 4) is 0 Å². The molecule has 3 saturated carbocycles. The van der Waals surface area contributed by atoms with Gasteiger partial charge in [-0.25, -0.2) is 0 Å². The molecule has 4 fully saturated rings. The number of anilines is 1. The number of nitrogens with zero attached hydrogens (tertiary/aromatic N) is 2. The molecule has 5 aliphatic carbocycles. The molecule has 262 valence electrons. The van der Waals surface area contributed by atoms with Crippen LogP contribution in [0.15, 0.2) is 22.3 Å². The maximum atomic E-state index is 13.5. The van der Waals surface area contributed by atoms with E-state index in [0.29, 0.717) is 17.7 Å². The molecule has 2 aromatic heterocycles. The number of hydrogen-bond donors (Lipinski definition) is 4. The van der Waals surface area contributed by atoms with E-state index in [1.165, 1.54) is 28.0 Å². The van der Waals surface area contributed by atoms with Gasteiger partial charge in [-0.2, -0.15) is 5.10 Å². The second kappa shape index (κ2) is 10.5. The summed E-state index contributed by atoms with van der Waals surface area (Å²) in [6.07, 6.45) is 10.5. The minimum atomic E-state index is -0.699. The Hall–Kier alpha value is -2.58. The van der Waals surface area contributed by atoms with Gasteiger partial charge in [-0.15, -0.1) is 0 Å². The van der Waals surface area contributed by atoms with Crippen LogP contribution in [0.2, 0.25) is 0 Å². The number of carbonyl (C=O) groups is 1. The van der Waals surface area contributed by atoms with E-state index in [2.05, 4.69) is 74.9 Å². The number of furan rings is 1. The summed E-state index contributed by atoms with van der Waals surface area (Å²) in [5.41, 5.74) is 12.5. The minimum absolute atomic E-state index is 0.0108. The van der Waals surface area contributed by atoms with Gasteiger partial charge in [0, 0.05) is 48.4 Å². The van der Waals surface area contributed by atoms with E-state index in [1.54, 1.807) is 0 Å². The number of nitrogens with two attached hydrogens (primary N) is 1. The number of hydrogen-bond acceptors (Lipinski definition) is 6. The Balaban J connectivity index is 1.35. The van der Waals surface area contributed by atoms with Crippen molar-refractivity contribution in [3.63, 3.8) is 0 Å². The van der Waals surface area contributed by atoms with Crippen molar-refractivity contribution in [1.29, 1.82) is 0 Å². The molecule has 5 N–H and O–H groups in total. The zero-order valence-electron chi connectivity index (χ0n) is 30.5. The Labute approximate surface area is 287 Å². The highest BCUT2D eigenvalue weighted by atomic mass is 16.4. The first-order valence-corrected chi connectivity index (χ1v) is 18.9. The second-order valence-corrected chi connectivity index (χ2v) is 19.0. The molecule has 8 nitrogen and oxygen atoms in total. The number of piperazine rings is 1. The molecule has 7 unspecified atom stereocenters. The van der Waals surface area contributed by atoms with Crippen LogP contribution in [0.25, 0.3) is 5.57 Å². The molecule has 1 saturated heterocycles. The van der Waals surface area contributed by atoms with Crippen LogP contribution < -0.4 is 11.1 Å². The van der Waals surface area contributed by atoms with Crippen LogP contribution in [-0.4, -0.2) is 52.4 Å². The summed E-state index contributed by atoms with van der Waals surface area (Å²) in [6, 6.07) is 2.23. The molecule has 7 atom stereocenters. The van der Waals surface area contributed by atoms with Crippen molar-refractivity contribution < 1.29 is 14.3 Å². The van der Waals surface area contributed by atoms with Crippen LogP contribution in [0, 0.1) is 44.8 Å². The summed E-state index contributed by atoms with van der Waals surface area (Å²) >= 11 is 0. The van der Waals surface area contributed by atoms with Gasteiger partial charge < -0.3 is 20.6 Å². The van der Waals surface area contributed by atoms with Gasteiger partial charge in [-0.3, -0.25) is 14.8 Å². The van der Waals surface area contributed by atoms with Gasteiger partial charge in [0.2, 0.25) is 0 Å². The quantitative estimate of drug-likeness (QED) is 0.270. The molecular weight excluding hydrogens is 598 g/mol. The average Bonchev–Trinajstić information content (AvgIpc) is 3.63. The van der Waals surface area contributed by atoms with E-state index in [0.717, 1.165) is 96.3 Å². The molecule has 1 aliphatic heterocycles. The van der Waals surface area contributed by atoms with E-state index >= 15 is 0 Å².